The summed E-state index contributed by atoms with van der Waals surface area (Å²) in [5, 5.41) is 21.9. The molecule has 0 aromatic carbocycles. The Bertz CT molecular complexity index is 298. The Labute approximate surface area is 94.6 Å². The highest BCUT2D eigenvalue weighted by Crippen LogP contribution is 2.02. The quantitative estimate of drug-likeness (QED) is 0.625. The largest absolute Gasteiger partial charge is 0.465 e. The molecule has 0 aliphatic heterocycles. The molecule has 0 aliphatic rings. The summed E-state index contributed by atoms with van der Waals surface area (Å²) in [6.45, 7) is 3.31. The van der Waals surface area contributed by atoms with E-state index in [0.717, 1.165) is 12.8 Å². The standard InChI is InChI=1S/C10H17N3O3/c1-3-4-5-8(14)13-10(2,6-11)7-12-9(15)16/h12H,3-5,7H2,1-2H3,(H,13,14)(H,15,16). The van der Waals surface area contributed by atoms with E-state index < -0.39 is 11.6 Å². The molecule has 0 bridgehead atoms. The van der Waals surface area contributed by atoms with E-state index in [0.29, 0.717) is 6.42 Å². The van der Waals surface area contributed by atoms with Gasteiger partial charge in [0.2, 0.25) is 5.91 Å². The maximum Gasteiger partial charge on any atom is 0.404 e. The number of hydrogen-bond acceptors (Lipinski definition) is 3. The number of nitrogens with one attached hydrogen (secondary N) is 2. The number of carboxylic acid groups (broad SMARTS) is 1. The number of nitrogens with zero attached hydrogens (tertiary/aromatic N) is 1. The second kappa shape index (κ2) is 6.67. The average Bonchev–Trinajstić information content (AvgIpc) is 2.23. The molecule has 16 heavy (non-hydrogen) atoms. The van der Waals surface area contributed by atoms with Crippen molar-refractivity contribution < 1.29 is 14.7 Å². The lowest BCUT2D eigenvalue weighted by Gasteiger charge is -2.22. The summed E-state index contributed by atoms with van der Waals surface area (Å²) in [6.07, 6.45) is 0.772. The van der Waals surface area contributed by atoms with Crippen LogP contribution < -0.4 is 10.6 Å². The molecule has 0 saturated carbocycles. The monoisotopic (exact) mass is 227 g/mol. The number of rotatable bonds is 6. The van der Waals surface area contributed by atoms with Crippen LogP contribution in [0.3, 0.4) is 0 Å². The summed E-state index contributed by atoms with van der Waals surface area (Å²) < 4.78 is 0. The fourth-order valence-electron chi connectivity index (χ4n) is 1.07. The van der Waals surface area contributed by atoms with E-state index in [9.17, 15) is 9.59 Å². The highest BCUT2D eigenvalue weighted by Gasteiger charge is 2.26. The van der Waals surface area contributed by atoms with Crippen LogP contribution in [-0.4, -0.2) is 29.2 Å². The number of unbranched alkanes of at least 4 members (excludes halogenated alkanes) is 1. The minimum absolute atomic E-state index is 0.128. The Hall–Kier alpha value is -1.77. The van der Waals surface area contributed by atoms with Gasteiger partial charge in [0, 0.05) is 6.42 Å². The molecule has 1 atom stereocenters. The van der Waals surface area contributed by atoms with E-state index in [-0.39, 0.29) is 12.5 Å². The van der Waals surface area contributed by atoms with Gasteiger partial charge in [0.15, 0.2) is 0 Å². The Balaban J connectivity index is 4.20. The maximum atomic E-state index is 11.4. The van der Waals surface area contributed by atoms with Crippen LogP contribution in [0.4, 0.5) is 4.79 Å². The third kappa shape index (κ3) is 5.86. The van der Waals surface area contributed by atoms with E-state index in [1.807, 2.05) is 13.0 Å². The molecule has 2 amide bonds. The molecule has 90 valence electrons. The molecule has 0 aromatic heterocycles. The second-order valence-corrected chi connectivity index (χ2v) is 3.75. The average molecular weight is 227 g/mol. The number of carbonyl (C=O) groups excluding carboxylic acids is 1. The SMILES string of the molecule is CCCCC(=O)NC(C)(C#N)CNC(=O)O. The van der Waals surface area contributed by atoms with Crippen molar-refractivity contribution in [3.05, 3.63) is 0 Å². The van der Waals surface area contributed by atoms with Crippen LogP contribution in [0.1, 0.15) is 33.1 Å². The van der Waals surface area contributed by atoms with Gasteiger partial charge in [-0.15, -0.1) is 0 Å². The van der Waals surface area contributed by atoms with Crippen LogP contribution in [0.25, 0.3) is 0 Å². The molecule has 0 aromatic rings. The van der Waals surface area contributed by atoms with Crippen molar-refractivity contribution in [1.29, 1.82) is 5.26 Å². The van der Waals surface area contributed by atoms with Gasteiger partial charge in [-0.1, -0.05) is 13.3 Å². The first-order valence-electron chi connectivity index (χ1n) is 5.12. The predicted molar refractivity (Wildman–Crippen MR) is 57.7 cm³/mol. The summed E-state index contributed by atoms with van der Waals surface area (Å²) in [6, 6.07) is 1.88. The number of nitriles is 1. The minimum atomic E-state index is -1.22. The lowest BCUT2D eigenvalue weighted by molar-refractivity contribution is -0.122. The van der Waals surface area contributed by atoms with Gasteiger partial charge in [-0.3, -0.25) is 4.79 Å². The van der Waals surface area contributed by atoms with Gasteiger partial charge in [0.05, 0.1) is 12.6 Å². The summed E-state index contributed by atoms with van der Waals surface area (Å²) in [5.41, 5.74) is -1.19. The van der Waals surface area contributed by atoms with Crippen LogP contribution in [0.2, 0.25) is 0 Å². The number of carbonyl (C=O) groups is 2. The smallest absolute Gasteiger partial charge is 0.404 e. The van der Waals surface area contributed by atoms with E-state index in [2.05, 4.69) is 10.6 Å². The van der Waals surface area contributed by atoms with Gasteiger partial charge in [0.25, 0.3) is 0 Å². The molecule has 0 aliphatic carbocycles. The highest BCUT2D eigenvalue weighted by molar-refractivity contribution is 5.77. The molecular formula is C10H17N3O3. The highest BCUT2D eigenvalue weighted by atomic mass is 16.4. The molecular weight excluding hydrogens is 210 g/mol. The molecule has 0 saturated heterocycles. The van der Waals surface area contributed by atoms with Crippen molar-refractivity contribution in [2.24, 2.45) is 0 Å². The molecule has 0 heterocycles. The van der Waals surface area contributed by atoms with Crippen LogP contribution in [0.5, 0.6) is 0 Å². The van der Waals surface area contributed by atoms with Gasteiger partial charge >= 0.3 is 6.09 Å². The van der Waals surface area contributed by atoms with E-state index in [4.69, 9.17) is 10.4 Å². The minimum Gasteiger partial charge on any atom is -0.465 e. The van der Waals surface area contributed by atoms with Crippen LogP contribution in [-0.2, 0) is 4.79 Å². The Morgan fingerprint density at radius 1 is 1.50 bits per heavy atom. The molecule has 6 heteroatoms. The zero-order valence-electron chi connectivity index (χ0n) is 9.54. The van der Waals surface area contributed by atoms with E-state index in [1.165, 1.54) is 6.92 Å². The van der Waals surface area contributed by atoms with Crippen LogP contribution in [0.15, 0.2) is 0 Å². The normalized spacial score (nSPS) is 13.3. The Kier molecular flexibility index (Phi) is 5.93. The fourth-order valence-corrected chi connectivity index (χ4v) is 1.07. The third-order valence-electron chi connectivity index (χ3n) is 2.01. The van der Waals surface area contributed by atoms with Crippen molar-refractivity contribution in [2.45, 2.75) is 38.6 Å². The van der Waals surface area contributed by atoms with Gasteiger partial charge in [-0.2, -0.15) is 5.26 Å². The summed E-state index contributed by atoms with van der Waals surface area (Å²) in [4.78, 5) is 21.7. The fraction of sp³-hybridized carbons (Fsp3) is 0.700. The second-order valence-electron chi connectivity index (χ2n) is 3.75. The first-order valence-corrected chi connectivity index (χ1v) is 5.12. The third-order valence-corrected chi connectivity index (χ3v) is 2.01. The van der Waals surface area contributed by atoms with Crippen molar-refractivity contribution in [3.63, 3.8) is 0 Å². The molecule has 1 unspecified atom stereocenters. The van der Waals surface area contributed by atoms with Crippen LogP contribution in [0, 0.1) is 11.3 Å². The molecule has 3 N–H and O–H groups in total. The summed E-state index contributed by atoms with van der Waals surface area (Å²) >= 11 is 0. The van der Waals surface area contributed by atoms with E-state index in [1.54, 1.807) is 0 Å². The van der Waals surface area contributed by atoms with Gasteiger partial charge in [-0.25, -0.2) is 4.79 Å². The summed E-state index contributed by atoms with van der Waals surface area (Å²) in [5.74, 6) is -0.238. The van der Waals surface area contributed by atoms with Crippen molar-refractivity contribution in [1.82, 2.24) is 10.6 Å². The van der Waals surface area contributed by atoms with Gasteiger partial charge in [0.1, 0.15) is 5.54 Å². The molecule has 6 nitrogen and oxygen atoms in total. The molecule has 0 rings (SSSR count). The molecule has 0 fully saturated rings. The summed E-state index contributed by atoms with van der Waals surface area (Å²) in [7, 11) is 0. The first-order chi connectivity index (χ1) is 7.43. The van der Waals surface area contributed by atoms with Crippen molar-refractivity contribution >= 4 is 12.0 Å². The zero-order chi connectivity index (χ0) is 12.6. The lowest BCUT2D eigenvalue weighted by Crippen LogP contribution is -2.52. The van der Waals surface area contributed by atoms with Gasteiger partial charge in [-0.05, 0) is 13.3 Å². The van der Waals surface area contributed by atoms with E-state index >= 15 is 0 Å². The van der Waals surface area contributed by atoms with Crippen molar-refractivity contribution in [3.8, 4) is 6.07 Å². The van der Waals surface area contributed by atoms with Crippen LogP contribution >= 0.6 is 0 Å². The maximum absolute atomic E-state index is 11.4. The zero-order valence-corrected chi connectivity index (χ0v) is 9.54. The first kappa shape index (κ1) is 14.2. The molecule has 0 radical (unpaired) electrons. The molecule has 0 spiro atoms. The topological polar surface area (TPSA) is 102 Å². The van der Waals surface area contributed by atoms with Crippen molar-refractivity contribution in [2.75, 3.05) is 6.54 Å². The number of amides is 2. The predicted octanol–water partition coefficient (Wildman–Crippen LogP) is 0.843. The Morgan fingerprint density at radius 3 is 2.56 bits per heavy atom. The van der Waals surface area contributed by atoms with Gasteiger partial charge < -0.3 is 15.7 Å². The number of hydrogen-bond donors (Lipinski definition) is 3. The Morgan fingerprint density at radius 2 is 2.12 bits per heavy atom. The lowest BCUT2D eigenvalue weighted by atomic mass is 10.0.